The standard InChI is InChI=1S/C44H54N4O8/c1-29(2)37(47-43(53)55-27-33-21-13-7-14-22-33)41(51)45-35(25-31-17-9-5-10-18-31)39(49)40(50)36(26-32-19-11-6-12-20-32)46-42(52)38(30(3)4)48-44(54)56-28-34-23-15-8-16-24-34/h5-24,29-30,35-40,49-50H,25-28H2,1-4H3,(H,45,51)(H,46,52)(H,47,53)(H,48,54)/t35-,36-,37?,38?,39-,40-/m0/s1. The average Bonchev–Trinajstić information content (AvgIpc) is 3.20. The van der Waals surface area contributed by atoms with Crippen LogP contribution in [0.5, 0.6) is 0 Å². The number of aliphatic hydroxyl groups is 2. The van der Waals surface area contributed by atoms with E-state index >= 15 is 0 Å². The maximum atomic E-state index is 13.9. The van der Waals surface area contributed by atoms with Crippen LogP contribution in [0.25, 0.3) is 0 Å². The summed E-state index contributed by atoms with van der Waals surface area (Å²) in [6.07, 6.45) is -4.55. The van der Waals surface area contributed by atoms with Gasteiger partial charge in [-0.15, -0.1) is 0 Å². The van der Waals surface area contributed by atoms with Gasteiger partial charge in [-0.25, -0.2) is 9.59 Å². The fourth-order valence-corrected chi connectivity index (χ4v) is 6.12. The quantitative estimate of drug-likeness (QED) is 0.0768. The van der Waals surface area contributed by atoms with Crippen LogP contribution in [0, 0.1) is 11.8 Å². The van der Waals surface area contributed by atoms with E-state index in [1.807, 2.05) is 121 Å². The molecule has 6 atom stereocenters. The zero-order valence-electron chi connectivity index (χ0n) is 32.3. The number of amides is 4. The van der Waals surface area contributed by atoms with Crippen LogP contribution in [-0.2, 0) is 45.1 Å². The van der Waals surface area contributed by atoms with Gasteiger partial charge in [0.15, 0.2) is 0 Å². The van der Waals surface area contributed by atoms with E-state index in [0.717, 1.165) is 22.3 Å². The Bertz CT molecular complexity index is 1660. The summed E-state index contributed by atoms with van der Waals surface area (Å²) in [7, 11) is 0. The summed E-state index contributed by atoms with van der Waals surface area (Å²) in [6.45, 7) is 7.08. The lowest BCUT2D eigenvalue weighted by atomic mass is 9.90. The molecule has 298 valence electrons. The highest BCUT2D eigenvalue weighted by Crippen LogP contribution is 2.17. The molecule has 0 aliphatic rings. The van der Waals surface area contributed by atoms with Gasteiger partial charge in [0, 0.05) is 0 Å². The molecule has 0 saturated heterocycles. The molecule has 4 aromatic rings. The fourth-order valence-electron chi connectivity index (χ4n) is 6.12. The Kier molecular flexibility index (Phi) is 16.9. The number of rotatable bonds is 19. The van der Waals surface area contributed by atoms with Crippen molar-refractivity contribution in [2.75, 3.05) is 0 Å². The van der Waals surface area contributed by atoms with Crippen LogP contribution >= 0.6 is 0 Å². The number of ether oxygens (including phenoxy) is 2. The van der Waals surface area contributed by atoms with E-state index in [4.69, 9.17) is 9.47 Å². The van der Waals surface area contributed by atoms with Gasteiger partial charge in [-0.1, -0.05) is 149 Å². The largest absolute Gasteiger partial charge is 0.445 e. The molecule has 0 radical (unpaired) electrons. The van der Waals surface area contributed by atoms with E-state index in [1.54, 1.807) is 27.7 Å². The maximum absolute atomic E-state index is 13.9. The summed E-state index contributed by atoms with van der Waals surface area (Å²) >= 11 is 0. The number of carbonyl (C=O) groups excluding carboxylic acids is 4. The first-order chi connectivity index (χ1) is 26.9. The molecule has 6 N–H and O–H groups in total. The van der Waals surface area contributed by atoms with E-state index in [2.05, 4.69) is 21.3 Å². The number of nitrogens with one attached hydrogen (secondary N) is 4. The second-order valence-electron chi connectivity index (χ2n) is 14.4. The van der Waals surface area contributed by atoms with E-state index < -0.39 is 60.4 Å². The van der Waals surface area contributed by atoms with E-state index in [-0.39, 0.29) is 37.9 Å². The number of benzene rings is 4. The lowest BCUT2D eigenvalue weighted by Crippen LogP contribution is -2.61. The number of hydrogen-bond donors (Lipinski definition) is 6. The van der Waals surface area contributed by atoms with Crippen molar-refractivity contribution < 1.29 is 38.9 Å². The fraction of sp³-hybridized carbons (Fsp3) is 0.364. The van der Waals surface area contributed by atoms with Gasteiger partial charge in [0.25, 0.3) is 0 Å². The third-order valence-electron chi connectivity index (χ3n) is 9.30. The van der Waals surface area contributed by atoms with Crippen LogP contribution < -0.4 is 21.3 Å². The maximum Gasteiger partial charge on any atom is 0.408 e. The van der Waals surface area contributed by atoms with Gasteiger partial charge >= 0.3 is 12.2 Å². The zero-order chi connectivity index (χ0) is 40.5. The second kappa shape index (κ2) is 22.0. The molecule has 0 spiro atoms. The second-order valence-corrected chi connectivity index (χ2v) is 14.4. The first-order valence-corrected chi connectivity index (χ1v) is 18.9. The predicted octanol–water partition coefficient (Wildman–Crippen LogP) is 5.07. The van der Waals surface area contributed by atoms with Crippen molar-refractivity contribution >= 4 is 24.0 Å². The lowest BCUT2D eigenvalue weighted by Gasteiger charge is -2.35. The van der Waals surface area contributed by atoms with Crippen molar-refractivity contribution in [3.8, 4) is 0 Å². The van der Waals surface area contributed by atoms with E-state index in [0.29, 0.717) is 0 Å². The first-order valence-electron chi connectivity index (χ1n) is 18.9. The molecule has 0 bridgehead atoms. The van der Waals surface area contributed by atoms with Crippen LogP contribution in [0.2, 0.25) is 0 Å². The Balaban J connectivity index is 1.53. The molecule has 2 unspecified atom stereocenters. The molecule has 0 saturated carbocycles. The number of alkyl carbamates (subject to hydrolysis) is 2. The van der Waals surface area contributed by atoms with Gasteiger partial charge in [-0.3, -0.25) is 9.59 Å². The summed E-state index contributed by atoms with van der Waals surface area (Å²) in [5.41, 5.74) is 3.09. The average molecular weight is 767 g/mol. The van der Waals surface area contributed by atoms with Gasteiger partial charge in [-0.2, -0.15) is 0 Å². The zero-order valence-corrected chi connectivity index (χ0v) is 32.3. The minimum absolute atomic E-state index is 0.0111. The normalized spacial score (nSPS) is 14.4. The van der Waals surface area contributed by atoms with Gasteiger partial charge in [0.2, 0.25) is 11.8 Å². The third-order valence-corrected chi connectivity index (χ3v) is 9.30. The van der Waals surface area contributed by atoms with Crippen LogP contribution in [-0.4, -0.2) is 70.6 Å². The summed E-state index contributed by atoms with van der Waals surface area (Å²) in [4.78, 5) is 53.4. The number of hydrogen-bond acceptors (Lipinski definition) is 8. The molecule has 56 heavy (non-hydrogen) atoms. The highest BCUT2D eigenvalue weighted by Gasteiger charge is 2.37. The molecular weight excluding hydrogens is 713 g/mol. The molecule has 0 heterocycles. The SMILES string of the molecule is CC(C)C(NC(=O)OCc1ccccc1)C(=O)N[C@@H](Cc1ccccc1)[C@H](O)[C@@H](O)[C@H](Cc1ccccc1)NC(=O)C(NC(=O)OCc1ccccc1)C(C)C. The summed E-state index contributed by atoms with van der Waals surface area (Å²) in [6, 6.07) is 32.3. The summed E-state index contributed by atoms with van der Waals surface area (Å²) in [5, 5.41) is 34.9. The number of carbonyl (C=O) groups is 4. The first kappa shape index (κ1) is 43.0. The molecule has 0 aliphatic heterocycles. The molecule has 4 amide bonds. The van der Waals surface area contributed by atoms with Crippen molar-refractivity contribution in [1.82, 2.24) is 21.3 Å². The van der Waals surface area contributed by atoms with Crippen molar-refractivity contribution in [3.63, 3.8) is 0 Å². The van der Waals surface area contributed by atoms with Gasteiger partial charge in [0.1, 0.15) is 37.5 Å². The smallest absolute Gasteiger partial charge is 0.408 e. The molecule has 4 rings (SSSR count). The molecule has 0 aromatic heterocycles. The number of aliphatic hydroxyl groups excluding tert-OH is 2. The van der Waals surface area contributed by atoms with E-state index in [9.17, 15) is 29.4 Å². The molecule has 0 aliphatic carbocycles. The van der Waals surface area contributed by atoms with Crippen LogP contribution in [0.15, 0.2) is 121 Å². The monoisotopic (exact) mass is 766 g/mol. The topological polar surface area (TPSA) is 175 Å². The van der Waals surface area contributed by atoms with Crippen molar-refractivity contribution in [3.05, 3.63) is 144 Å². The Morgan fingerprint density at radius 3 is 1.04 bits per heavy atom. The summed E-state index contributed by atoms with van der Waals surface area (Å²) < 4.78 is 10.7. The Morgan fingerprint density at radius 2 is 0.750 bits per heavy atom. The molecular formula is C44H54N4O8. The molecule has 12 heteroatoms. The Labute approximate surface area is 329 Å². The van der Waals surface area contributed by atoms with Crippen molar-refractivity contribution in [2.45, 2.75) is 90.1 Å². The molecule has 4 aromatic carbocycles. The van der Waals surface area contributed by atoms with Crippen LogP contribution in [0.3, 0.4) is 0 Å². The predicted molar refractivity (Wildman–Crippen MR) is 213 cm³/mol. The van der Waals surface area contributed by atoms with Crippen molar-refractivity contribution in [2.24, 2.45) is 11.8 Å². The molecule has 12 nitrogen and oxygen atoms in total. The minimum atomic E-state index is -1.60. The van der Waals surface area contributed by atoms with Crippen LogP contribution in [0.4, 0.5) is 9.59 Å². The summed E-state index contributed by atoms with van der Waals surface area (Å²) in [5.74, 6) is -1.93. The van der Waals surface area contributed by atoms with Crippen molar-refractivity contribution in [1.29, 1.82) is 0 Å². The molecule has 0 fully saturated rings. The minimum Gasteiger partial charge on any atom is -0.445 e. The third kappa shape index (κ3) is 13.8. The van der Waals surface area contributed by atoms with Gasteiger partial charge in [0.05, 0.1) is 12.1 Å². The lowest BCUT2D eigenvalue weighted by molar-refractivity contribution is -0.129. The van der Waals surface area contributed by atoms with Gasteiger partial charge in [-0.05, 0) is 46.9 Å². The van der Waals surface area contributed by atoms with E-state index in [1.165, 1.54) is 0 Å². The highest BCUT2D eigenvalue weighted by molar-refractivity contribution is 5.87. The highest BCUT2D eigenvalue weighted by atomic mass is 16.6. The Hall–Kier alpha value is -5.72. The Morgan fingerprint density at radius 1 is 0.464 bits per heavy atom. The van der Waals surface area contributed by atoms with Crippen LogP contribution in [0.1, 0.15) is 49.9 Å². The van der Waals surface area contributed by atoms with Gasteiger partial charge < -0.3 is 41.0 Å².